The molecule has 2 aromatic carbocycles. The molecular weight excluding hydrogens is 573 g/mol. The number of nitrogens with zero attached hydrogens (tertiary/aromatic N) is 2. The highest BCUT2D eigenvalue weighted by Gasteiger charge is 2.53. The molecule has 2 aromatic rings. The van der Waals surface area contributed by atoms with Crippen molar-refractivity contribution in [2.45, 2.75) is 45.3 Å². The Bertz CT molecular complexity index is 1420. The van der Waals surface area contributed by atoms with E-state index in [0.29, 0.717) is 49.3 Å². The van der Waals surface area contributed by atoms with Crippen LogP contribution in [0.25, 0.3) is 0 Å². The number of piperidine rings is 1. The number of allylic oxidation sites excluding steroid dienone is 1. The Morgan fingerprint density at radius 1 is 1.11 bits per heavy atom. The van der Waals surface area contributed by atoms with Crippen LogP contribution < -0.4 is 5.32 Å². The van der Waals surface area contributed by atoms with Crippen LogP contribution in [-0.2, 0) is 23.8 Å². The zero-order valence-electron chi connectivity index (χ0n) is 25.3. The van der Waals surface area contributed by atoms with Crippen LogP contribution >= 0.6 is 0 Å². The zero-order valence-corrected chi connectivity index (χ0v) is 25.3. The number of hydrogen-bond donors (Lipinski definition) is 1. The van der Waals surface area contributed by atoms with Crippen LogP contribution in [-0.4, -0.2) is 73.2 Å². The molecule has 0 aliphatic carbocycles. The van der Waals surface area contributed by atoms with Crippen molar-refractivity contribution in [3.63, 3.8) is 0 Å². The first kappa shape index (κ1) is 32.7. The number of nitro groups is 1. The van der Waals surface area contributed by atoms with E-state index in [-0.39, 0.29) is 42.0 Å². The van der Waals surface area contributed by atoms with Crippen molar-refractivity contribution < 1.29 is 37.9 Å². The molecule has 0 spiro atoms. The smallest absolute Gasteiger partial charge is 0.336 e. The van der Waals surface area contributed by atoms with Crippen molar-refractivity contribution in [1.82, 2.24) is 10.2 Å². The molecule has 0 saturated carbocycles. The van der Waals surface area contributed by atoms with E-state index >= 15 is 0 Å². The minimum atomic E-state index is -1.31. The lowest BCUT2D eigenvalue weighted by Crippen LogP contribution is -2.59. The summed E-state index contributed by atoms with van der Waals surface area (Å²) >= 11 is 0. The largest absolute Gasteiger partial charge is 0.464 e. The second-order valence-corrected chi connectivity index (χ2v) is 11.2. The number of ether oxygens (including phenoxy) is 3. The van der Waals surface area contributed by atoms with Crippen molar-refractivity contribution in [2.75, 3.05) is 40.0 Å². The molecule has 0 bridgehead atoms. The summed E-state index contributed by atoms with van der Waals surface area (Å²) in [6.07, 6.45) is 1.25. The number of ketones is 1. The van der Waals surface area contributed by atoms with Gasteiger partial charge in [0.15, 0.2) is 5.78 Å². The summed E-state index contributed by atoms with van der Waals surface area (Å²) in [4.78, 5) is 53.0. The number of likely N-dealkylation sites (tertiary alicyclic amines) is 1. The van der Waals surface area contributed by atoms with Crippen LogP contribution in [0.4, 0.5) is 10.1 Å². The number of rotatable bonds is 11. The maximum absolute atomic E-state index is 13.8. The molecule has 4 rings (SSSR count). The van der Waals surface area contributed by atoms with Gasteiger partial charge in [-0.25, -0.2) is 9.18 Å². The monoisotopic (exact) mass is 611 g/mol. The number of nitrogens with one attached hydrogen (secondary N) is 1. The Hall–Kier alpha value is -4.16. The van der Waals surface area contributed by atoms with Gasteiger partial charge in [-0.05, 0) is 76.5 Å². The first-order valence-electron chi connectivity index (χ1n) is 14.6. The Labute approximate surface area is 255 Å². The van der Waals surface area contributed by atoms with E-state index in [1.54, 1.807) is 26.8 Å². The van der Waals surface area contributed by atoms with E-state index < -0.39 is 34.4 Å². The molecule has 1 saturated heterocycles. The summed E-state index contributed by atoms with van der Waals surface area (Å²) in [5.41, 5.74) is -0.0458. The fourth-order valence-corrected chi connectivity index (χ4v) is 6.09. The third kappa shape index (κ3) is 7.13. The second kappa shape index (κ2) is 14.1. The van der Waals surface area contributed by atoms with Gasteiger partial charge in [0.25, 0.3) is 5.69 Å². The number of esters is 2. The molecule has 0 aromatic heterocycles. The third-order valence-electron chi connectivity index (χ3n) is 8.43. The molecule has 44 heavy (non-hydrogen) atoms. The Kier molecular flexibility index (Phi) is 10.5. The molecule has 2 aliphatic heterocycles. The summed E-state index contributed by atoms with van der Waals surface area (Å²) in [7, 11) is 1.43. The van der Waals surface area contributed by atoms with Crippen molar-refractivity contribution in [2.24, 2.45) is 11.8 Å². The van der Waals surface area contributed by atoms with Crippen LogP contribution in [0.3, 0.4) is 0 Å². The van der Waals surface area contributed by atoms with Gasteiger partial charge in [-0.1, -0.05) is 12.1 Å². The second-order valence-electron chi connectivity index (χ2n) is 11.2. The molecule has 3 unspecified atom stereocenters. The molecule has 0 radical (unpaired) electrons. The summed E-state index contributed by atoms with van der Waals surface area (Å²) < 4.78 is 30.1. The quantitative estimate of drug-likeness (QED) is 0.169. The van der Waals surface area contributed by atoms with E-state index in [4.69, 9.17) is 14.2 Å². The van der Waals surface area contributed by atoms with Crippen LogP contribution in [0, 0.1) is 27.8 Å². The van der Waals surface area contributed by atoms with Crippen molar-refractivity contribution in [1.29, 1.82) is 0 Å². The van der Waals surface area contributed by atoms with E-state index in [0.717, 1.165) is 0 Å². The predicted molar refractivity (Wildman–Crippen MR) is 158 cm³/mol. The number of hydrogen-bond acceptors (Lipinski definition) is 10. The fourth-order valence-electron chi connectivity index (χ4n) is 6.09. The summed E-state index contributed by atoms with van der Waals surface area (Å²) in [5, 5.41) is 14.7. The van der Waals surface area contributed by atoms with E-state index in [9.17, 15) is 28.9 Å². The zero-order chi connectivity index (χ0) is 32.0. The molecule has 12 heteroatoms. The van der Waals surface area contributed by atoms with Gasteiger partial charge in [-0.3, -0.25) is 24.6 Å². The minimum Gasteiger partial charge on any atom is -0.464 e. The van der Waals surface area contributed by atoms with Crippen LogP contribution in [0.2, 0.25) is 0 Å². The summed E-state index contributed by atoms with van der Waals surface area (Å²) in [5.74, 6) is -3.91. The molecule has 2 heterocycles. The lowest BCUT2D eigenvalue weighted by atomic mass is 9.72. The SMILES string of the molecule is CCOC(=O)C1=C(C)NC(C)(OC)C(C(=O)OCCN2CCC(C(=O)c3ccc(F)cc3)CC2)C1c1cccc([N+](=O)[O-])c1. The lowest BCUT2D eigenvalue weighted by molar-refractivity contribution is -0.384. The van der Waals surface area contributed by atoms with Crippen molar-refractivity contribution >= 4 is 23.4 Å². The highest BCUT2D eigenvalue weighted by Crippen LogP contribution is 2.45. The molecule has 0 amide bonds. The average molecular weight is 612 g/mol. The molecule has 3 atom stereocenters. The standard InChI is InChI=1S/C32H38FN3O8/c1-5-43-30(38)26-20(2)34-32(3,42-4)28(27(26)23-7-6-8-25(19-23)36(40)41)31(39)44-18-17-35-15-13-22(14-16-35)29(37)21-9-11-24(33)12-10-21/h6-12,19,22,27-28,34H,5,13-18H2,1-4H3. The van der Waals surface area contributed by atoms with Crippen LogP contribution in [0.5, 0.6) is 0 Å². The first-order chi connectivity index (χ1) is 21.0. The lowest BCUT2D eigenvalue weighted by Gasteiger charge is -2.45. The average Bonchev–Trinajstić information content (AvgIpc) is 3.01. The number of carbonyl (C=O) groups is 3. The highest BCUT2D eigenvalue weighted by atomic mass is 19.1. The van der Waals surface area contributed by atoms with Crippen molar-refractivity contribution in [3.05, 3.63) is 86.9 Å². The molecule has 1 fully saturated rings. The van der Waals surface area contributed by atoms with Gasteiger partial charge < -0.3 is 19.5 Å². The third-order valence-corrected chi connectivity index (χ3v) is 8.43. The maximum atomic E-state index is 13.8. The first-order valence-corrected chi connectivity index (χ1v) is 14.6. The maximum Gasteiger partial charge on any atom is 0.336 e. The van der Waals surface area contributed by atoms with Gasteiger partial charge in [-0.2, -0.15) is 0 Å². The van der Waals surface area contributed by atoms with Gasteiger partial charge in [-0.15, -0.1) is 0 Å². The topological polar surface area (TPSA) is 137 Å². The Balaban J connectivity index is 1.49. The molecule has 11 nitrogen and oxygen atoms in total. The van der Waals surface area contributed by atoms with Gasteiger partial charge in [0, 0.05) is 48.9 Å². The van der Waals surface area contributed by atoms with Crippen molar-refractivity contribution in [3.8, 4) is 0 Å². The normalized spacial score (nSPS) is 22.7. The van der Waals surface area contributed by atoms with Gasteiger partial charge in [0.2, 0.25) is 0 Å². The van der Waals surface area contributed by atoms with Crippen LogP contribution in [0.1, 0.15) is 55.5 Å². The van der Waals surface area contributed by atoms with E-state index in [1.165, 1.54) is 49.6 Å². The van der Waals surface area contributed by atoms with Gasteiger partial charge in [0.05, 0.1) is 17.1 Å². The summed E-state index contributed by atoms with van der Waals surface area (Å²) in [6, 6.07) is 11.4. The highest BCUT2D eigenvalue weighted by molar-refractivity contribution is 5.98. The molecule has 1 N–H and O–H groups in total. The van der Waals surface area contributed by atoms with Gasteiger partial charge >= 0.3 is 11.9 Å². The molecule has 236 valence electrons. The summed E-state index contributed by atoms with van der Waals surface area (Å²) in [6.45, 7) is 6.82. The number of Topliss-reactive ketones (excluding diaryl/α,β-unsaturated/α-hetero) is 1. The number of methoxy groups -OCH3 is 1. The number of halogens is 1. The number of nitro benzene ring substituents is 1. The number of carbonyl (C=O) groups excluding carboxylic acids is 3. The predicted octanol–water partition coefficient (Wildman–Crippen LogP) is 4.37. The molecule has 2 aliphatic rings. The Morgan fingerprint density at radius 3 is 2.41 bits per heavy atom. The molecular formula is C32H38FN3O8. The van der Waals surface area contributed by atoms with E-state index in [2.05, 4.69) is 10.2 Å². The van der Waals surface area contributed by atoms with E-state index in [1.807, 2.05) is 0 Å². The number of non-ortho nitro benzene ring substituents is 1. The number of benzene rings is 2. The van der Waals surface area contributed by atoms with Crippen LogP contribution in [0.15, 0.2) is 59.8 Å². The van der Waals surface area contributed by atoms with Gasteiger partial charge in [0.1, 0.15) is 24.1 Å². The fraction of sp³-hybridized carbons (Fsp3) is 0.469. The minimum absolute atomic E-state index is 0.00679. The Morgan fingerprint density at radius 2 is 1.80 bits per heavy atom.